The summed E-state index contributed by atoms with van der Waals surface area (Å²) in [4.78, 5) is 10.7. The van der Waals surface area contributed by atoms with Gasteiger partial charge < -0.3 is 4.79 Å². The first-order valence-corrected chi connectivity index (χ1v) is 6.78. The molecule has 1 fully saturated rings. The molecule has 1 rings (SSSR count). The van der Waals surface area contributed by atoms with Gasteiger partial charge in [-0.3, -0.25) is 0 Å². The van der Waals surface area contributed by atoms with Gasteiger partial charge in [0, 0.05) is 18.3 Å². The Morgan fingerprint density at radius 3 is 2.71 bits per heavy atom. The van der Waals surface area contributed by atoms with E-state index >= 15 is 0 Å². The highest BCUT2D eigenvalue weighted by Gasteiger charge is 2.31. The lowest BCUT2D eigenvalue weighted by Gasteiger charge is -2.36. The van der Waals surface area contributed by atoms with Crippen molar-refractivity contribution < 1.29 is 4.79 Å². The Morgan fingerprint density at radius 2 is 2.12 bits per heavy atom. The summed E-state index contributed by atoms with van der Waals surface area (Å²) in [5.41, 5.74) is 0.356. The van der Waals surface area contributed by atoms with Crippen molar-refractivity contribution >= 4 is 6.29 Å². The van der Waals surface area contributed by atoms with Crippen LogP contribution in [0.4, 0.5) is 0 Å². The van der Waals surface area contributed by atoms with Crippen LogP contribution >= 0.6 is 0 Å². The molecule has 17 heavy (non-hydrogen) atoms. The molecule has 0 N–H and O–H groups in total. The first kappa shape index (κ1) is 14.3. The van der Waals surface area contributed by atoms with Gasteiger partial charge in [0.25, 0.3) is 0 Å². The van der Waals surface area contributed by atoms with Gasteiger partial charge in [0.05, 0.1) is 0 Å². The van der Waals surface area contributed by atoms with Gasteiger partial charge in [-0.1, -0.05) is 19.3 Å². The van der Waals surface area contributed by atoms with E-state index in [1.54, 1.807) is 0 Å². The maximum Gasteiger partial charge on any atom is 0.120 e. The van der Waals surface area contributed by atoms with Crippen LogP contribution in [0.5, 0.6) is 0 Å². The summed E-state index contributed by atoms with van der Waals surface area (Å²) in [6, 6.07) is 0. The van der Waals surface area contributed by atoms with Crippen molar-refractivity contribution in [3.63, 3.8) is 0 Å². The van der Waals surface area contributed by atoms with Crippen LogP contribution < -0.4 is 0 Å². The molecule has 96 valence electrons. The molecule has 0 aromatic carbocycles. The van der Waals surface area contributed by atoms with Crippen molar-refractivity contribution in [1.82, 2.24) is 0 Å². The Balaban J connectivity index is 2.49. The van der Waals surface area contributed by atoms with E-state index in [9.17, 15) is 4.79 Å². The fraction of sp³-hybridized carbons (Fsp3) is 0.812. The molecule has 0 bridgehead atoms. The molecular formula is C16H26O. The second-order valence-electron chi connectivity index (χ2n) is 6.90. The Labute approximate surface area is 106 Å². The van der Waals surface area contributed by atoms with Crippen molar-refractivity contribution in [2.45, 2.75) is 66.2 Å². The zero-order valence-corrected chi connectivity index (χ0v) is 11.8. The third-order valence-corrected chi connectivity index (χ3v) is 3.60. The fourth-order valence-electron chi connectivity index (χ4n) is 2.74. The van der Waals surface area contributed by atoms with Crippen molar-refractivity contribution in [3.05, 3.63) is 0 Å². The van der Waals surface area contributed by atoms with E-state index in [4.69, 9.17) is 0 Å². The van der Waals surface area contributed by atoms with Gasteiger partial charge in [0.15, 0.2) is 0 Å². The molecule has 1 aliphatic carbocycles. The molecular weight excluding hydrogens is 208 g/mol. The van der Waals surface area contributed by atoms with Crippen LogP contribution in [0.2, 0.25) is 0 Å². The molecule has 0 spiro atoms. The molecule has 0 radical (unpaired) electrons. The molecule has 0 saturated heterocycles. The molecule has 1 aliphatic rings. The standard InChI is InChI=1S/C16H26O/c1-15(2,3)9-5-7-14-8-6-10-16(4,13-14)11-12-17/h12,14H,6-8,10-11,13H2,1-4H3/t14-,16-/m0/s1. The fourth-order valence-corrected chi connectivity index (χ4v) is 2.74. The molecule has 0 heterocycles. The van der Waals surface area contributed by atoms with E-state index in [1.165, 1.54) is 25.7 Å². The van der Waals surface area contributed by atoms with Crippen LogP contribution in [0, 0.1) is 28.6 Å². The van der Waals surface area contributed by atoms with Gasteiger partial charge in [-0.2, -0.15) is 0 Å². The van der Waals surface area contributed by atoms with E-state index in [2.05, 4.69) is 39.5 Å². The van der Waals surface area contributed by atoms with Gasteiger partial charge in [0.1, 0.15) is 6.29 Å². The zero-order chi connectivity index (χ0) is 12.9. The van der Waals surface area contributed by atoms with Crippen molar-refractivity contribution in [3.8, 4) is 11.8 Å². The van der Waals surface area contributed by atoms with Gasteiger partial charge >= 0.3 is 0 Å². The quantitative estimate of drug-likeness (QED) is 0.528. The number of hydrogen-bond donors (Lipinski definition) is 0. The molecule has 0 aliphatic heterocycles. The third-order valence-electron chi connectivity index (χ3n) is 3.60. The van der Waals surface area contributed by atoms with E-state index in [-0.39, 0.29) is 10.8 Å². The van der Waals surface area contributed by atoms with Gasteiger partial charge in [-0.15, -0.1) is 5.92 Å². The monoisotopic (exact) mass is 234 g/mol. The number of rotatable bonds is 3. The van der Waals surface area contributed by atoms with Crippen LogP contribution in [0.3, 0.4) is 0 Å². The Kier molecular flexibility index (Phi) is 4.80. The normalized spacial score (nSPS) is 29.3. The molecule has 2 atom stereocenters. The highest BCUT2D eigenvalue weighted by atomic mass is 16.1. The van der Waals surface area contributed by atoms with Crippen LogP contribution in [0.1, 0.15) is 66.2 Å². The van der Waals surface area contributed by atoms with E-state index in [0.29, 0.717) is 5.92 Å². The minimum absolute atomic E-state index is 0.112. The van der Waals surface area contributed by atoms with Crippen LogP contribution in [0.25, 0.3) is 0 Å². The van der Waals surface area contributed by atoms with Gasteiger partial charge in [-0.25, -0.2) is 0 Å². The zero-order valence-electron chi connectivity index (χ0n) is 11.8. The van der Waals surface area contributed by atoms with Crippen LogP contribution in [-0.4, -0.2) is 6.29 Å². The minimum Gasteiger partial charge on any atom is -0.303 e. The van der Waals surface area contributed by atoms with Crippen molar-refractivity contribution in [2.75, 3.05) is 0 Å². The summed E-state index contributed by atoms with van der Waals surface area (Å²) < 4.78 is 0. The smallest absolute Gasteiger partial charge is 0.120 e. The predicted octanol–water partition coefficient (Wildman–Crippen LogP) is 4.21. The Bertz CT molecular complexity index is 313. The van der Waals surface area contributed by atoms with Crippen LogP contribution in [-0.2, 0) is 4.79 Å². The molecule has 0 amide bonds. The minimum atomic E-state index is 0.112. The van der Waals surface area contributed by atoms with Crippen LogP contribution in [0.15, 0.2) is 0 Å². The molecule has 1 nitrogen and oxygen atoms in total. The van der Waals surface area contributed by atoms with Gasteiger partial charge in [-0.05, 0) is 51.4 Å². The number of carbonyl (C=O) groups is 1. The number of aldehydes is 1. The molecule has 0 aromatic heterocycles. The third kappa shape index (κ3) is 5.39. The average molecular weight is 234 g/mol. The lowest BCUT2D eigenvalue weighted by atomic mass is 9.68. The molecule has 0 unspecified atom stereocenters. The topological polar surface area (TPSA) is 17.1 Å². The second kappa shape index (κ2) is 5.71. The summed E-state index contributed by atoms with van der Waals surface area (Å²) in [7, 11) is 0. The van der Waals surface area contributed by atoms with E-state index in [0.717, 1.165) is 19.1 Å². The lowest BCUT2D eigenvalue weighted by molar-refractivity contribution is -0.110. The van der Waals surface area contributed by atoms with Gasteiger partial charge in [0.2, 0.25) is 0 Å². The van der Waals surface area contributed by atoms with E-state index in [1.807, 2.05) is 0 Å². The molecule has 1 heteroatoms. The highest BCUT2D eigenvalue weighted by molar-refractivity contribution is 5.50. The predicted molar refractivity (Wildman–Crippen MR) is 72.6 cm³/mol. The molecule has 0 aromatic rings. The Morgan fingerprint density at radius 1 is 1.41 bits per heavy atom. The molecule has 1 saturated carbocycles. The second-order valence-corrected chi connectivity index (χ2v) is 6.90. The maximum absolute atomic E-state index is 10.7. The summed E-state index contributed by atoms with van der Waals surface area (Å²) in [6.07, 6.45) is 7.73. The number of hydrogen-bond acceptors (Lipinski definition) is 1. The lowest BCUT2D eigenvalue weighted by Crippen LogP contribution is -2.26. The first-order chi connectivity index (χ1) is 7.85. The maximum atomic E-state index is 10.7. The summed E-state index contributed by atoms with van der Waals surface area (Å²) >= 11 is 0. The Hall–Kier alpha value is -0.770. The van der Waals surface area contributed by atoms with Crippen molar-refractivity contribution in [2.24, 2.45) is 16.7 Å². The van der Waals surface area contributed by atoms with E-state index < -0.39 is 0 Å². The summed E-state index contributed by atoms with van der Waals surface area (Å²) in [5, 5.41) is 0. The largest absolute Gasteiger partial charge is 0.303 e. The first-order valence-electron chi connectivity index (χ1n) is 6.78. The SMILES string of the molecule is CC(C)(C)C#CC[C@H]1CCC[C@@](C)(CC=O)C1. The van der Waals surface area contributed by atoms with Crippen molar-refractivity contribution in [1.29, 1.82) is 0 Å². The summed E-state index contributed by atoms with van der Waals surface area (Å²) in [6.45, 7) is 8.71. The average Bonchev–Trinajstić information content (AvgIpc) is 2.15. The summed E-state index contributed by atoms with van der Waals surface area (Å²) in [5.74, 6) is 7.34. The highest BCUT2D eigenvalue weighted by Crippen LogP contribution is 2.42. The number of carbonyl (C=O) groups excluding carboxylic acids is 1.